The maximum absolute atomic E-state index is 12.8. The zero-order valence-electron chi connectivity index (χ0n) is 15.6. The van der Waals surface area contributed by atoms with Crippen LogP contribution in [0.4, 0.5) is 0 Å². The number of carbonyl (C=O) groups excluding carboxylic acids is 3. The van der Waals surface area contributed by atoms with Gasteiger partial charge in [0.15, 0.2) is 6.61 Å². The van der Waals surface area contributed by atoms with Gasteiger partial charge in [0, 0.05) is 5.75 Å². The van der Waals surface area contributed by atoms with Crippen molar-refractivity contribution in [3.8, 4) is 5.75 Å². The van der Waals surface area contributed by atoms with Crippen LogP contribution in [0.25, 0.3) is 0 Å². The summed E-state index contributed by atoms with van der Waals surface area (Å²) < 4.78 is 8.22. The lowest BCUT2D eigenvalue weighted by molar-refractivity contribution is -0.166. The molecular weight excluding hydrogens is 590 g/mol. The molecule has 1 N–H and O–H groups in total. The van der Waals surface area contributed by atoms with Gasteiger partial charge >= 0.3 is 5.97 Å². The molecule has 0 aliphatic carbocycles. The SMILES string of the molecule is CC1(I)CS[C@H]2C(NC(=O)COc3ccccc3)C(=O)N2C1C(=O)OCC(Cl)(Cl)Cl. The van der Waals surface area contributed by atoms with Crippen LogP contribution in [0, 0.1) is 0 Å². The van der Waals surface area contributed by atoms with Gasteiger partial charge in [-0.25, -0.2) is 4.79 Å². The van der Waals surface area contributed by atoms with E-state index in [4.69, 9.17) is 44.3 Å². The highest BCUT2D eigenvalue weighted by molar-refractivity contribution is 14.1. The van der Waals surface area contributed by atoms with Crippen LogP contribution in [0.1, 0.15) is 6.92 Å². The molecule has 1 aromatic rings. The quantitative estimate of drug-likeness (QED) is 0.232. The minimum absolute atomic E-state index is 0.218. The molecule has 0 bridgehead atoms. The van der Waals surface area contributed by atoms with E-state index in [9.17, 15) is 14.4 Å². The van der Waals surface area contributed by atoms with Crippen LogP contribution >= 0.6 is 69.2 Å². The van der Waals surface area contributed by atoms with E-state index in [1.54, 1.807) is 24.3 Å². The first-order valence-corrected chi connectivity index (χ1v) is 12.1. The van der Waals surface area contributed by atoms with Crippen molar-refractivity contribution in [2.24, 2.45) is 0 Å². The molecule has 2 amide bonds. The number of nitrogens with zero attached hydrogens (tertiary/aromatic N) is 1. The number of benzene rings is 1. The van der Waals surface area contributed by atoms with E-state index in [0.29, 0.717) is 11.5 Å². The Kier molecular flexibility index (Phi) is 7.59. The molecule has 2 heterocycles. The Balaban J connectivity index is 1.61. The zero-order valence-corrected chi connectivity index (χ0v) is 20.9. The lowest BCUT2D eigenvalue weighted by atomic mass is 9.94. The van der Waals surface area contributed by atoms with E-state index < -0.39 is 37.8 Å². The summed E-state index contributed by atoms with van der Waals surface area (Å²) in [6.07, 6.45) is 0. The normalized spacial score (nSPS) is 28.2. The van der Waals surface area contributed by atoms with Crippen LogP contribution in [0.15, 0.2) is 30.3 Å². The molecule has 2 saturated heterocycles. The number of nitrogens with one attached hydrogen (secondary N) is 1. The fraction of sp³-hybridized carbons (Fsp3) is 0.500. The second kappa shape index (κ2) is 9.48. The minimum Gasteiger partial charge on any atom is -0.484 e. The molecule has 3 rings (SSSR count). The summed E-state index contributed by atoms with van der Waals surface area (Å²) in [5, 5.41) is 2.30. The number of ether oxygens (including phenoxy) is 2. The predicted molar refractivity (Wildman–Crippen MR) is 124 cm³/mol. The molecule has 1 aromatic carbocycles. The van der Waals surface area contributed by atoms with E-state index in [1.807, 2.05) is 13.0 Å². The average Bonchev–Trinajstić information content (AvgIpc) is 2.68. The Morgan fingerprint density at radius 1 is 1.33 bits per heavy atom. The fourth-order valence-electron chi connectivity index (χ4n) is 3.16. The average molecular weight is 608 g/mol. The van der Waals surface area contributed by atoms with Crippen molar-refractivity contribution in [3.05, 3.63) is 30.3 Å². The van der Waals surface area contributed by atoms with Crippen LogP contribution in [-0.2, 0) is 19.1 Å². The largest absolute Gasteiger partial charge is 0.484 e. The van der Waals surface area contributed by atoms with E-state index >= 15 is 0 Å². The summed E-state index contributed by atoms with van der Waals surface area (Å²) in [7, 11) is 0. The Hall–Kier alpha value is -0.620. The van der Waals surface area contributed by atoms with Gasteiger partial charge in [-0.3, -0.25) is 9.59 Å². The van der Waals surface area contributed by atoms with Gasteiger partial charge in [0.2, 0.25) is 9.70 Å². The van der Waals surface area contributed by atoms with Crippen LogP contribution in [0.2, 0.25) is 0 Å². The van der Waals surface area contributed by atoms with E-state index in [2.05, 4.69) is 27.9 Å². The van der Waals surface area contributed by atoms with E-state index in [0.717, 1.165) is 0 Å². The lowest BCUT2D eigenvalue weighted by Crippen LogP contribution is -2.78. The molecule has 164 valence electrons. The highest BCUT2D eigenvalue weighted by atomic mass is 127. The van der Waals surface area contributed by atoms with Crippen molar-refractivity contribution >= 4 is 86.9 Å². The third-order valence-electron chi connectivity index (χ3n) is 4.50. The first kappa shape index (κ1) is 24.0. The van der Waals surface area contributed by atoms with Gasteiger partial charge in [0.05, 0.1) is 3.42 Å². The molecule has 30 heavy (non-hydrogen) atoms. The van der Waals surface area contributed by atoms with Crippen molar-refractivity contribution in [2.75, 3.05) is 19.0 Å². The Bertz CT molecular complexity index is 824. The maximum atomic E-state index is 12.8. The fourth-order valence-corrected chi connectivity index (χ4v) is 5.83. The number of rotatable bonds is 6. The van der Waals surface area contributed by atoms with Gasteiger partial charge in [-0.2, -0.15) is 0 Å². The highest BCUT2D eigenvalue weighted by Gasteiger charge is 2.61. The van der Waals surface area contributed by atoms with Gasteiger partial charge in [-0.1, -0.05) is 75.6 Å². The molecule has 2 fully saturated rings. The van der Waals surface area contributed by atoms with Gasteiger partial charge in [0.25, 0.3) is 5.91 Å². The number of fused-ring (bicyclic) bond motifs is 1. The third-order valence-corrected chi connectivity index (χ3v) is 7.92. The van der Waals surface area contributed by atoms with Crippen molar-refractivity contribution in [1.82, 2.24) is 10.2 Å². The van der Waals surface area contributed by atoms with Crippen molar-refractivity contribution in [3.63, 3.8) is 0 Å². The summed E-state index contributed by atoms with van der Waals surface area (Å²) in [4.78, 5) is 39.1. The Labute approximate surface area is 206 Å². The number of esters is 1. The van der Waals surface area contributed by atoms with Crippen LogP contribution < -0.4 is 10.1 Å². The van der Waals surface area contributed by atoms with Crippen molar-refractivity contribution < 1.29 is 23.9 Å². The van der Waals surface area contributed by atoms with Gasteiger partial charge in [-0.05, 0) is 19.1 Å². The molecular formula is C18H18Cl3IN2O5S. The first-order chi connectivity index (χ1) is 14.0. The molecule has 0 spiro atoms. The standard InChI is InChI=1S/C18H18Cl3IN2O5S/c1-17(22)9-30-15-12(23-11(25)7-28-10-5-3-2-4-6-10)14(26)24(15)13(17)16(27)29-8-18(19,20)21/h2-6,12-13,15H,7-9H2,1H3,(H,23,25)/t12?,13?,15-,17?/m0/s1. The maximum Gasteiger partial charge on any atom is 0.330 e. The topological polar surface area (TPSA) is 84.9 Å². The molecule has 12 heteroatoms. The lowest BCUT2D eigenvalue weighted by Gasteiger charge is -2.56. The molecule has 0 saturated carbocycles. The number of thioether (sulfide) groups is 1. The number of para-hydroxylation sites is 1. The minimum atomic E-state index is -1.74. The number of halogens is 4. The third kappa shape index (κ3) is 5.59. The summed E-state index contributed by atoms with van der Waals surface area (Å²) in [5.74, 6) is -0.301. The highest BCUT2D eigenvalue weighted by Crippen LogP contribution is 2.46. The van der Waals surface area contributed by atoms with Crippen molar-refractivity contribution in [2.45, 2.75) is 31.6 Å². The van der Waals surface area contributed by atoms with E-state index in [-0.39, 0.29) is 17.9 Å². The number of β-lactam (4-membered cyclic amide) rings is 1. The number of alkyl halides is 4. The molecule has 0 aromatic heterocycles. The second-order valence-corrected chi connectivity index (χ2v) is 13.1. The number of amides is 2. The number of hydrogen-bond donors (Lipinski definition) is 1. The first-order valence-electron chi connectivity index (χ1n) is 8.83. The molecule has 4 atom stereocenters. The summed E-state index contributed by atoms with van der Waals surface area (Å²) >= 11 is 20.6. The van der Waals surface area contributed by atoms with E-state index in [1.165, 1.54) is 16.7 Å². The Morgan fingerprint density at radius 2 is 2.00 bits per heavy atom. The molecule has 7 nitrogen and oxygen atoms in total. The van der Waals surface area contributed by atoms with Crippen LogP contribution in [0.5, 0.6) is 5.75 Å². The summed E-state index contributed by atoms with van der Waals surface area (Å²) in [6.45, 7) is 1.21. The number of hydrogen-bond acceptors (Lipinski definition) is 6. The van der Waals surface area contributed by atoms with Gasteiger partial charge in [-0.15, -0.1) is 11.8 Å². The molecule has 2 aliphatic rings. The second-order valence-electron chi connectivity index (χ2n) is 7.00. The summed E-state index contributed by atoms with van der Waals surface area (Å²) in [5.41, 5.74) is 0. The van der Waals surface area contributed by atoms with Crippen molar-refractivity contribution in [1.29, 1.82) is 0 Å². The zero-order chi connectivity index (χ0) is 22.1. The van der Waals surface area contributed by atoms with Gasteiger partial charge < -0.3 is 19.7 Å². The van der Waals surface area contributed by atoms with Crippen LogP contribution in [-0.4, -0.2) is 66.3 Å². The predicted octanol–water partition coefficient (Wildman–Crippen LogP) is 2.94. The van der Waals surface area contributed by atoms with Gasteiger partial charge in [0.1, 0.15) is 29.8 Å². The van der Waals surface area contributed by atoms with Crippen LogP contribution in [0.3, 0.4) is 0 Å². The molecule has 3 unspecified atom stereocenters. The Morgan fingerprint density at radius 3 is 2.63 bits per heavy atom. The summed E-state index contributed by atoms with van der Waals surface area (Å²) in [6, 6.07) is 7.30. The monoisotopic (exact) mass is 606 g/mol. The smallest absolute Gasteiger partial charge is 0.330 e. The molecule has 2 aliphatic heterocycles. The number of carbonyl (C=O) groups is 3. The molecule has 0 radical (unpaired) electrons.